The lowest BCUT2D eigenvalue weighted by Crippen LogP contribution is -2.40. The van der Waals surface area contributed by atoms with E-state index in [1.165, 1.54) is 0 Å². The van der Waals surface area contributed by atoms with Crippen molar-refractivity contribution in [3.8, 4) is 0 Å². The number of hydrogen-bond acceptors (Lipinski definition) is 4. The smallest absolute Gasteiger partial charge is 0.154 e. The second-order valence-corrected chi connectivity index (χ2v) is 7.28. The molecule has 2 rings (SSSR count). The maximum absolute atomic E-state index is 11.4. The van der Waals surface area contributed by atoms with Crippen molar-refractivity contribution < 1.29 is 13.5 Å². The van der Waals surface area contributed by atoms with E-state index in [9.17, 15) is 13.5 Å². The van der Waals surface area contributed by atoms with Crippen LogP contribution in [-0.2, 0) is 9.84 Å². The zero-order valence-electron chi connectivity index (χ0n) is 10.0. The highest BCUT2D eigenvalue weighted by Crippen LogP contribution is 2.20. The lowest BCUT2D eigenvalue weighted by atomic mass is 10.1. The van der Waals surface area contributed by atoms with Gasteiger partial charge in [0, 0.05) is 17.1 Å². The summed E-state index contributed by atoms with van der Waals surface area (Å²) in [6.07, 6.45) is -0.829. The zero-order valence-corrected chi connectivity index (χ0v) is 11.6. The molecule has 0 amide bonds. The van der Waals surface area contributed by atoms with Crippen molar-refractivity contribution in [3.63, 3.8) is 0 Å². The Morgan fingerprint density at radius 3 is 2.44 bits per heavy atom. The van der Waals surface area contributed by atoms with Gasteiger partial charge in [-0.05, 0) is 24.6 Å². The SMILES string of the molecule is C[C@H](NC1CS(=O)(=O)CC1O)c1ccc(Cl)cc1. The maximum Gasteiger partial charge on any atom is 0.154 e. The molecule has 0 bridgehead atoms. The summed E-state index contributed by atoms with van der Waals surface area (Å²) in [4.78, 5) is 0. The molecule has 2 unspecified atom stereocenters. The van der Waals surface area contributed by atoms with Crippen LogP contribution in [0.1, 0.15) is 18.5 Å². The van der Waals surface area contributed by atoms with E-state index in [0.717, 1.165) is 5.56 Å². The Morgan fingerprint density at radius 2 is 1.94 bits per heavy atom. The van der Waals surface area contributed by atoms with Crippen LogP contribution in [0.15, 0.2) is 24.3 Å². The van der Waals surface area contributed by atoms with Crippen LogP contribution in [0.3, 0.4) is 0 Å². The largest absolute Gasteiger partial charge is 0.390 e. The molecule has 0 radical (unpaired) electrons. The average Bonchev–Trinajstić information content (AvgIpc) is 2.52. The molecule has 1 aromatic rings. The first-order valence-electron chi connectivity index (χ1n) is 5.77. The van der Waals surface area contributed by atoms with E-state index >= 15 is 0 Å². The van der Waals surface area contributed by atoms with E-state index in [4.69, 9.17) is 11.6 Å². The fourth-order valence-electron chi connectivity index (χ4n) is 2.16. The highest BCUT2D eigenvalue weighted by atomic mass is 35.5. The Bertz CT molecular complexity index is 515. The minimum Gasteiger partial charge on any atom is -0.390 e. The number of aliphatic hydroxyl groups excluding tert-OH is 1. The fourth-order valence-corrected chi connectivity index (χ4v) is 4.04. The number of benzene rings is 1. The molecule has 1 aromatic carbocycles. The standard InChI is InChI=1S/C12H16ClNO3S/c1-8(9-2-4-10(13)5-3-9)14-11-6-18(16,17)7-12(11)15/h2-5,8,11-12,14-15H,6-7H2,1H3/t8-,11?,12?/m0/s1. The van der Waals surface area contributed by atoms with Gasteiger partial charge in [0.1, 0.15) is 0 Å². The van der Waals surface area contributed by atoms with E-state index in [2.05, 4.69) is 5.32 Å². The summed E-state index contributed by atoms with van der Waals surface area (Å²) in [5.74, 6) is -0.163. The molecule has 0 aromatic heterocycles. The number of hydrogen-bond donors (Lipinski definition) is 2. The third-order valence-corrected chi connectivity index (χ3v) is 5.13. The first-order valence-corrected chi connectivity index (χ1v) is 7.97. The van der Waals surface area contributed by atoms with Crippen molar-refractivity contribution in [2.45, 2.75) is 25.1 Å². The summed E-state index contributed by atoms with van der Waals surface area (Å²) in [7, 11) is -3.11. The fraction of sp³-hybridized carbons (Fsp3) is 0.500. The van der Waals surface area contributed by atoms with Gasteiger partial charge in [-0.15, -0.1) is 0 Å². The number of halogens is 1. The topological polar surface area (TPSA) is 66.4 Å². The third kappa shape index (κ3) is 3.23. The lowest BCUT2D eigenvalue weighted by molar-refractivity contribution is 0.160. The summed E-state index contributed by atoms with van der Waals surface area (Å²) >= 11 is 5.81. The van der Waals surface area contributed by atoms with Gasteiger partial charge in [-0.1, -0.05) is 23.7 Å². The highest BCUT2D eigenvalue weighted by Gasteiger charge is 2.36. The van der Waals surface area contributed by atoms with Crippen LogP contribution in [0.4, 0.5) is 0 Å². The molecule has 0 saturated carbocycles. The first kappa shape index (κ1) is 13.8. The van der Waals surface area contributed by atoms with Gasteiger partial charge in [0.05, 0.1) is 17.6 Å². The molecule has 18 heavy (non-hydrogen) atoms. The number of nitrogens with one attached hydrogen (secondary N) is 1. The molecule has 100 valence electrons. The van der Waals surface area contributed by atoms with Crippen molar-refractivity contribution in [2.75, 3.05) is 11.5 Å². The monoisotopic (exact) mass is 289 g/mol. The summed E-state index contributed by atoms with van der Waals surface area (Å²) in [6.45, 7) is 1.93. The predicted molar refractivity (Wildman–Crippen MR) is 71.5 cm³/mol. The van der Waals surface area contributed by atoms with Crippen molar-refractivity contribution in [1.29, 1.82) is 0 Å². The second-order valence-electron chi connectivity index (χ2n) is 4.69. The van der Waals surface area contributed by atoms with Crippen molar-refractivity contribution in [3.05, 3.63) is 34.9 Å². The molecular weight excluding hydrogens is 274 g/mol. The molecule has 4 nitrogen and oxygen atoms in total. The number of sulfone groups is 1. The average molecular weight is 290 g/mol. The van der Waals surface area contributed by atoms with E-state index in [1.807, 2.05) is 19.1 Å². The van der Waals surface area contributed by atoms with Gasteiger partial charge in [0.25, 0.3) is 0 Å². The Hall–Kier alpha value is -0.620. The summed E-state index contributed by atoms with van der Waals surface area (Å²) in [6, 6.07) is 6.91. The molecular formula is C12H16ClNO3S. The van der Waals surface area contributed by atoms with Gasteiger partial charge >= 0.3 is 0 Å². The van der Waals surface area contributed by atoms with Crippen LogP contribution in [0.2, 0.25) is 5.02 Å². The van der Waals surface area contributed by atoms with E-state index in [1.54, 1.807) is 12.1 Å². The molecule has 1 saturated heterocycles. The summed E-state index contributed by atoms with van der Waals surface area (Å²) in [5, 5.41) is 13.5. The lowest BCUT2D eigenvalue weighted by Gasteiger charge is -2.21. The van der Waals surface area contributed by atoms with Crippen molar-refractivity contribution in [1.82, 2.24) is 5.32 Å². The Balaban J connectivity index is 2.04. The predicted octanol–water partition coefficient (Wildman–Crippen LogP) is 1.15. The molecule has 1 fully saturated rings. The second kappa shape index (κ2) is 5.17. The molecule has 3 atom stereocenters. The van der Waals surface area contributed by atoms with Gasteiger partial charge in [-0.25, -0.2) is 8.42 Å². The molecule has 6 heteroatoms. The van der Waals surface area contributed by atoms with E-state index in [0.29, 0.717) is 5.02 Å². The summed E-state index contributed by atoms with van der Waals surface area (Å²) < 4.78 is 22.8. The Kier molecular flexibility index (Phi) is 3.96. The highest BCUT2D eigenvalue weighted by molar-refractivity contribution is 7.91. The molecule has 1 aliphatic heterocycles. The van der Waals surface area contributed by atoms with Crippen LogP contribution in [0, 0.1) is 0 Å². The number of rotatable bonds is 3. The Morgan fingerprint density at radius 1 is 1.33 bits per heavy atom. The zero-order chi connectivity index (χ0) is 13.3. The van der Waals surface area contributed by atoms with E-state index in [-0.39, 0.29) is 17.5 Å². The van der Waals surface area contributed by atoms with Crippen molar-refractivity contribution in [2.24, 2.45) is 0 Å². The molecule has 0 aliphatic carbocycles. The van der Waals surface area contributed by atoms with Crippen molar-refractivity contribution >= 4 is 21.4 Å². The molecule has 1 aliphatic rings. The van der Waals surface area contributed by atoms with Crippen LogP contribution < -0.4 is 5.32 Å². The minimum atomic E-state index is -3.11. The quantitative estimate of drug-likeness (QED) is 0.876. The molecule has 0 spiro atoms. The normalized spacial score (nSPS) is 28.2. The van der Waals surface area contributed by atoms with Gasteiger partial charge in [0.2, 0.25) is 0 Å². The van der Waals surface area contributed by atoms with Crippen LogP contribution >= 0.6 is 11.6 Å². The number of aliphatic hydroxyl groups is 1. The van der Waals surface area contributed by atoms with Crippen LogP contribution in [-0.4, -0.2) is 37.2 Å². The summed E-state index contributed by atoms with van der Waals surface area (Å²) in [5.41, 5.74) is 1.01. The van der Waals surface area contributed by atoms with Crippen LogP contribution in [0.5, 0.6) is 0 Å². The third-order valence-electron chi connectivity index (χ3n) is 3.16. The first-order chi connectivity index (χ1) is 8.37. The van der Waals surface area contributed by atoms with E-state index < -0.39 is 22.0 Å². The molecule has 1 heterocycles. The van der Waals surface area contributed by atoms with Gasteiger partial charge in [-0.3, -0.25) is 0 Å². The minimum absolute atomic E-state index is 0.00784. The van der Waals surface area contributed by atoms with Gasteiger partial charge < -0.3 is 10.4 Å². The van der Waals surface area contributed by atoms with Gasteiger partial charge in [-0.2, -0.15) is 0 Å². The van der Waals surface area contributed by atoms with Crippen LogP contribution in [0.25, 0.3) is 0 Å². The van der Waals surface area contributed by atoms with Gasteiger partial charge in [0.15, 0.2) is 9.84 Å². The Labute approximate surface area is 112 Å². The maximum atomic E-state index is 11.4. The molecule has 2 N–H and O–H groups in total.